The molecule has 1 aliphatic carbocycles. The lowest BCUT2D eigenvalue weighted by Gasteiger charge is -2.31. The number of amides is 2. The largest absolute Gasteiger partial charge is 0.353 e. The van der Waals surface area contributed by atoms with Gasteiger partial charge in [-0.15, -0.1) is 0 Å². The minimum absolute atomic E-state index is 0.126. The van der Waals surface area contributed by atoms with Crippen molar-refractivity contribution in [2.75, 3.05) is 13.1 Å². The number of hydrogen-bond acceptors (Lipinski definition) is 3. The van der Waals surface area contributed by atoms with Crippen LogP contribution in [0.25, 0.3) is 0 Å². The van der Waals surface area contributed by atoms with Gasteiger partial charge in [0.05, 0.1) is 16.1 Å². The van der Waals surface area contributed by atoms with E-state index in [0.29, 0.717) is 23.7 Å². The number of rotatable bonds is 5. The van der Waals surface area contributed by atoms with E-state index < -0.39 is 5.54 Å². The van der Waals surface area contributed by atoms with Crippen LogP contribution in [0, 0.1) is 0 Å². The highest BCUT2D eigenvalue weighted by molar-refractivity contribution is 6.33. The smallest absolute Gasteiger partial charge is 0.252 e. The molecule has 0 heterocycles. The number of nitrogens with two attached hydrogens (primary N) is 1. The Morgan fingerprint density at radius 3 is 2.41 bits per heavy atom. The van der Waals surface area contributed by atoms with E-state index in [4.69, 9.17) is 17.3 Å². The molecule has 1 aromatic rings. The number of carbonyl (C=O) groups is 2. The van der Waals surface area contributed by atoms with Crippen LogP contribution in [0.5, 0.6) is 0 Å². The summed E-state index contributed by atoms with van der Waals surface area (Å²) in [7, 11) is 0. The van der Waals surface area contributed by atoms with Crippen molar-refractivity contribution >= 4 is 23.4 Å². The zero-order valence-electron chi connectivity index (χ0n) is 12.5. The molecule has 5 nitrogen and oxygen atoms in total. The second kappa shape index (κ2) is 7.61. The van der Waals surface area contributed by atoms with Crippen LogP contribution < -0.4 is 16.4 Å². The second-order valence-electron chi connectivity index (χ2n) is 5.71. The molecule has 6 heteroatoms. The summed E-state index contributed by atoms with van der Waals surface area (Å²) in [6.07, 6.45) is 4.58. The molecule has 1 aliphatic rings. The fourth-order valence-electron chi connectivity index (χ4n) is 2.68. The molecule has 1 saturated carbocycles. The highest BCUT2D eigenvalue weighted by atomic mass is 35.5. The maximum absolute atomic E-state index is 12.1. The van der Waals surface area contributed by atoms with E-state index in [0.717, 1.165) is 32.1 Å². The lowest BCUT2D eigenvalue weighted by atomic mass is 9.82. The Kier molecular flexibility index (Phi) is 5.80. The van der Waals surface area contributed by atoms with Crippen LogP contribution >= 0.6 is 11.6 Å². The zero-order valence-corrected chi connectivity index (χ0v) is 13.3. The predicted octanol–water partition coefficient (Wildman–Crippen LogP) is 1.85. The van der Waals surface area contributed by atoms with Gasteiger partial charge >= 0.3 is 0 Å². The number of hydrogen-bond donors (Lipinski definition) is 3. The summed E-state index contributed by atoms with van der Waals surface area (Å²) < 4.78 is 0. The quantitative estimate of drug-likeness (QED) is 0.723. The van der Waals surface area contributed by atoms with Crippen LogP contribution in [0.1, 0.15) is 42.5 Å². The first-order chi connectivity index (χ1) is 10.5. The molecule has 0 unspecified atom stereocenters. The first-order valence-corrected chi connectivity index (χ1v) is 8.01. The van der Waals surface area contributed by atoms with Crippen LogP contribution in [0.15, 0.2) is 24.3 Å². The molecule has 2 rings (SSSR count). The Labute approximate surface area is 135 Å². The lowest BCUT2D eigenvalue weighted by Crippen LogP contribution is -2.55. The molecule has 0 saturated heterocycles. The van der Waals surface area contributed by atoms with Crippen molar-refractivity contribution < 1.29 is 9.59 Å². The molecule has 1 fully saturated rings. The molecular formula is C16H22ClN3O2. The lowest BCUT2D eigenvalue weighted by molar-refractivity contribution is -0.127. The maximum atomic E-state index is 12.1. The van der Waals surface area contributed by atoms with Crippen molar-refractivity contribution in [1.82, 2.24) is 10.6 Å². The predicted molar refractivity (Wildman–Crippen MR) is 86.8 cm³/mol. The van der Waals surface area contributed by atoms with Crippen LogP contribution in [0.3, 0.4) is 0 Å². The molecule has 0 atom stereocenters. The molecule has 0 aliphatic heterocycles. The van der Waals surface area contributed by atoms with Gasteiger partial charge in [0, 0.05) is 13.1 Å². The SMILES string of the molecule is NC1(C(=O)NCCNC(=O)c2ccccc2Cl)CCCCC1. The first-order valence-electron chi connectivity index (χ1n) is 7.63. The van der Waals surface area contributed by atoms with Gasteiger partial charge in [-0.3, -0.25) is 9.59 Å². The Balaban J connectivity index is 1.74. The van der Waals surface area contributed by atoms with Crippen molar-refractivity contribution in [3.8, 4) is 0 Å². The molecule has 0 bridgehead atoms. The van der Waals surface area contributed by atoms with Crippen LogP contribution in [0.2, 0.25) is 5.02 Å². The summed E-state index contributed by atoms with van der Waals surface area (Å²) in [5.41, 5.74) is 5.82. The fraction of sp³-hybridized carbons (Fsp3) is 0.500. The van der Waals surface area contributed by atoms with E-state index in [9.17, 15) is 9.59 Å². The third kappa shape index (κ3) is 4.21. The van der Waals surface area contributed by atoms with E-state index in [1.807, 2.05) is 0 Å². The van der Waals surface area contributed by atoms with Crippen molar-refractivity contribution in [2.24, 2.45) is 5.73 Å². The molecule has 2 amide bonds. The summed E-state index contributed by atoms with van der Waals surface area (Å²) in [5.74, 6) is -0.376. The van der Waals surface area contributed by atoms with Crippen LogP contribution in [-0.4, -0.2) is 30.4 Å². The second-order valence-corrected chi connectivity index (χ2v) is 6.12. The number of nitrogens with one attached hydrogen (secondary N) is 2. The number of halogens is 1. The van der Waals surface area contributed by atoms with Gasteiger partial charge in [0.2, 0.25) is 5.91 Å². The standard InChI is InChI=1S/C16H22ClN3O2/c17-13-7-3-2-6-12(13)14(21)19-10-11-20-15(22)16(18)8-4-1-5-9-16/h2-3,6-7H,1,4-5,8-11,18H2,(H,19,21)(H,20,22). The highest BCUT2D eigenvalue weighted by Gasteiger charge is 2.34. The third-order valence-corrected chi connectivity index (χ3v) is 4.34. The van der Waals surface area contributed by atoms with Crippen molar-refractivity contribution in [1.29, 1.82) is 0 Å². The van der Waals surface area contributed by atoms with E-state index >= 15 is 0 Å². The van der Waals surface area contributed by atoms with Gasteiger partial charge in [-0.25, -0.2) is 0 Å². The first kappa shape index (κ1) is 16.8. The average Bonchev–Trinajstić information content (AvgIpc) is 2.52. The summed E-state index contributed by atoms with van der Waals surface area (Å²) in [6, 6.07) is 6.85. The van der Waals surface area contributed by atoms with E-state index in [2.05, 4.69) is 10.6 Å². The molecule has 1 aromatic carbocycles. The Morgan fingerprint density at radius 1 is 1.09 bits per heavy atom. The van der Waals surface area contributed by atoms with Gasteiger partial charge in [0.25, 0.3) is 5.91 Å². The zero-order chi connectivity index (χ0) is 16.0. The number of benzene rings is 1. The topological polar surface area (TPSA) is 84.2 Å². The van der Waals surface area contributed by atoms with E-state index in [1.165, 1.54) is 0 Å². The van der Waals surface area contributed by atoms with Gasteiger partial charge in [-0.05, 0) is 25.0 Å². The average molecular weight is 324 g/mol. The van der Waals surface area contributed by atoms with Crippen LogP contribution in [0.4, 0.5) is 0 Å². The molecule has 120 valence electrons. The molecule has 0 radical (unpaired) electrons. The molecule has 22 heavy (non-hydrogen) atoms. The summed E-state index contributed by atoms with van der Waals surface area (Å²) in [5, 5.41) is 5.94. The molecule has 0 spiro atoms. The summed E-state index contributed by atoms with van der Waals surface area (Å²) >= 11 is 5.96. The van der Waals surface area contributed by atoms with Gasteiger partial charge in [0.15, 0.2) is 0 Å². The van der Waals surface area contributed by atoms with Gasteiger partial charge in [0.1, 0.15) is 0 Å². The molecular weight excluding hydrogens is 302 g/mol. The molecule has 0 aromatic heterocycles. The van der Waals surface area contributed by atoms with Gasteiger partial charge < -0.3 is 16.4 Å². The van der Waals surface area contributed by atoms with Crippen molar-refractivity contribution in [2.45, 2.75) is 37.6 Å². The number of carbonyl (C=O) groups excluding carboxylic acids is 2. The Morgan fingerprint density at radius 2 is 1.73 bits per heavy atom. The highest BCUT2D eigenvalue weighted by Crippen LogP contribution is 2.25. The monoisotopic (exact) mass is 323 g/mol. The summed E-state index contributed by atoms with van der Waals surface area (Å²) in [6.45, 7) is 0.694. The van der Waals surface area contributed by atoms with Gasteiger partial charge in [-0.1, -0.05) is 43.0 Å². The summed E-state index contributed by atoms with van der Waals surface area (Å²) in [4.78, 5) is 24.1. The minimum atomic E-state index is -0.745. The third-order valence-electron chi connectivity index (χ3n) is 4.01. The van der Waals surface area contributed by atoms with E-state index in [1.54, 1.807) is 24.3 Å². The van der Waals surface area contributed by atoms with Crippen molar-refractivity contribution in [3.05, 3.63) is 34.9 Å². The normalized spacial score (nSPS) is 16.8. The van der Waals surface area contributed by atoms with E-state index in [-0.39, 0.29) is 11.8 Å². The Bertz CT molecular complexity index is 542. The van der Waals surface area contributed by atoms with Gasteiger partial charge in [-0.2, -0.15) is 0 Å². The fourth-order valence-corrected chi connectivity index (χ4v) is 2.90. The maximum Gasteiger partial charge on any atom is 0.252 e. The molecule has 4 N–H and O–H groups in total. The van der Waals surface area contributed by atoms with Crippen LogP contribution in [-0.2, 0) is 4.79 Å². The van der Waals surface area contributed by atoms with Crippen molar-refractivity contribution in [3.63, 3.8) is 0 Å². The minimum Gasteiger partial charge on any atom is -0.353 e. The Hall–Kier alpha value is -1.59.